The van der Waals surface area contributed by atoms with Gasteiger partial charge in [0.25, 0.3) is 0 Å². The molecule has 0 spiro atoms. The van der Waals surface area contributed by atoms with Crippen LogP contribution in [0.5, 0.6) is 0 Å². The van der Waals surface area contributed by atoms with E-state index < -0.39 is 24.8 Å². The highest BCUT2D eigenvalue weighted by molar-refractivity contribution is 7.99. The second-order valence-corrected chi connectivity index (χ2v) is 9.58. The lowest BCUT2D eigenvalue weighted by atomic mass is 9.98. The minimum atomic E-state index is -4.31. The topological polar surface area (TPSA) is 51.0 Å². The lowest BCUT2D eigenvalue weighted by molar-refractivity contribution is -0.131. The van der Waals surface area contributed by atoms with E-state index in [1.54, 1.807) is 34.8 Å². The molecule has 3 aromatic rings. The molecule has 4 rings (SSSR count). The van der Waals surface area contributed by atoms with Crippen molar-refractivity contribution in [3.8, 4) is 16.9 Å². The van der Waals surface area contributed by atoms with Gasteiger partial charge in [0.1, 0.15) is 0 Å². The Labute approximate surface area is 203 Å². The standard InChI is InChI=1S/C23H21ClF4N4OS/c1-3-34-19-10-17(32-7-6-20(24)30-32)13(2)8-15(19)16-9-14-4-5-21(33)31(18(14)11-29-16)12-23(27,28)22(25)26/h6-11,22H,3-5,12H2,1-2H3. The first-order valence-corrected chi connectivity index (χ1v) is 11.9. The number of aromatic nitrogens is 3. The fourth-order valence-corrected chi connectivity index (χ4v) is 4.84. The van der Waals surface area contributed by atoms with Gasteiger partial charge in [-0.15, -0.1) is 11.8 Å². The lowest BCUT2D eigenvalue weighted by Crippen LogP contribution is -2.46. The number of alkyl halides is 4. The molecule has 2 aromatic heterocycles. The van der Waals surface area contributed by atoms with Crippen LogP contribution in [0.1, 0.15) is 24.5 Å². The summed E-state index contributed by atoms with van der Waals surface area (Å²) < 4.78 is 54.6. The van der Waals surface area contributed by atoms with Crippen LogP contribution in [0.15, 0.2) is 41.6 Å². The molecule has 1 aromatic carbocycles. The van der Waals surface area contributed by atoms with E-state index in [2.05, 4.69) is 10.1 Å². The number of fused-ring (bicyclic) bond motifs is 1. The van der Waals surface area contributed by atoms with Crippen LogP contribution >= 0.6 is 23.4 Å². The van der Waals surface area contributed by atoms with Crippen LogP contribution in [0, 0.1) is 6.92 Å². The number of carbonyl (C=O) groups excluding carboxylic acids is 1. The molecule has 0 radical (unpaired) electrons. The van der Waals surface area contributed by atoms with E-state index in [-0.39, 0.29) is 12.1 Å². The predicted molar refractivity (Wildman–Crippen MR) is 125 cm³/mol. The lowest BCUT2D eigenvalue weighted by Gasteiger charge is -2.32. The Kier molecular flexibility index (Phi) is 6.91. The molecule has 3 heterocycles. The third-order valence-corrected chi connectivity index (χ3v) is 6.67. The Bertz CT molecular complexity index is 1230. The van der Waals surface area contributed by atoms with Gasteiger partial charge in [-0.05, 0) is 54.5 Å². The van der Waals surface area contributed by atoms with E-state index in [4.69, 9.17) is 11.6 Å². The van der Waals surface area contributed by atoms with Crippen molar-refractivity contribution >= 4 is 35.0 Å². The Morgan fingerprint density at radius 3 is 2.62 bits per heavy atom. The molecule has 34 heavy (non-hydrogen) atoms. The average Bonchev–Trinajstić information content (AvgIpc) is 3.22. The van der Waals surface area contributed by atoms with Crippen molar-refractivity contribution < 1.29 is 22.4 Å². The molecule has 0 saturated heterocycles. The monoisotopic (exact) mass is 512 g/mol. The summed E-state index contributed by atoms with van der Waals surface area (Å²) in [6.07, 6.45) is -0.495. The van der Waals surface area contributed by atoms with E-state index in [0.717, 1.165) is 32.4 Å². The maximum atomic E-state index is 13.7. The Morgan fingerprint density at radius 2 is 1.97 bits per heavy atom. The summed E-state index contributed by atoms with van der Waals surface area (Å²) in [7, 11) is 0. The molecule has 11 heteroatoms. The van der Waals surface area contributed by atoms with Gasteiger partial charge in [-0.3, -0.25) is 9.78 Å². The highest BCUT2D eigenvalue weighted by atomic mass is 35.5. The van der Waals surface area contributed by atoms with Gasteiger partial charge < -0.3 is 4.90 Å². The number of rotatable bonds is 7. The van der Waals surface area contributed by atoms with Gasteiger partial charge in [-0.25, -0.2) is 13.5 Å². The van der Waals surface area contributed by atoms with Crippen LogP contribution in [-0.2, 0) is 11.2 Å². The van der Waals surface area contributed by atoms with Crippen molar-refractivity contribution in [1.82, 2.24) is 14.8 Å². The van der Waals surface area contributed by atoms with Crippen LogP contribution in [0.4, 0.5) is 23.2 Å². The van der Waals surface area contributed by atoms with Gasteiger partial charge in [0.05, 0.1) is 29.8 Å². The number of aryl methyl sites for hydroxylation is 2. The number of hydrogen-bond donors (Lipinski definition) is 0. The van der Waals surface area contributed by atoms with E-state index >= 15 is 0 Å². The molecule has 1 amide bonds. The molecule has 0 saturated carbocycles. The van der Waals surface area contributed by atoms with E-state index in [1.807, 2.05) is 26.0 Å². The van der Waals surface area contributed by atoms with Gasteiger partial charge in [0.15, 0.2) is 5.15 Å². The third kappa shape index (κ3) is 4.79. The average molecular weight is 513 g/mol. The van der Waals surface area contributed by atoms with Gasteiger partial charge in [0.2, 0.25) is 5.91 Å². The number of amides is 1. The van der Waals surface area contributed by atoms with Gasteiger partial charge in [-0.1, -0.05) is 18.5 Å². The van der Waals surface area contributed by atoms with E-state index in [9.17, 15) is 22.4 Å². The fraction of sp³-hybridized carbons (Fsp3) is 0.348. The van der Waals surface area contributed by atoms with Crippen molar-refractivity contribution in [2.24, 2.45) is 0 Å². The maximum Gasteiger partial charge on any atom is 0.324 e. The summed E-state index contributed by atoms with van der Waals surface area (Å²) in [5, 5.41) is 4.64. The maximum absolute atomic E-state index is 13.7. The molecule has 0 atom stereocenters. The Hall–Kier alpha value is -2.59. The van der Waals surface area contributed by atoms with Crippen LogP contribution < -0.4 is 4.90 Å². The molecule has 0 fully saturated rings. The highest BCUT2D eigenvalue weighted by Crippen LogP contribution is 2.38. The molecule has 1 aliphatic heterocycles. The zero-order valence-corrected chi connectivity index (χ0v) is 19.9. The number of hydrogen-bond acceptors (Lipinski definition) is 4. The quantitative estimate of drug-likeness (QED) is 0.280. The van der Waals surface area contributed by atoms with Crippen LogP contribution in [0.2, 0.25) is 5.15 Å². The van der Waals surface area contributed by atoms with Crippen LogP contribution in [-0.4, -0.2) is 45.3 Å². The SMILES string of the molecule is CCSc1cc(-n2ccc(Cl)n2)c(C)cc1-c1cc2c(cn1)N(CC(F)(F)C(F)F)C(=O)CC2. The predicted octanol–water partition coefficient (Wildman–Crippen LogP) is 6.19. The molecule has 0 aliphatic carbocycles. The first-order chi connectivity index (χ1) is 16.1. The molecule has 1 aliphatic rings. The number of anilines is 1. The minimum Gasteiger partial charge on any atom is -0.304 e. The molecule has 0 bridgehead atoms. The van der Waals surface area contributed by atoms with Crippen LogP contribution in [0.25, 0.3) is 16.9 Å². The highest BCUT2D eigenvalue weighted by Gasteiger charge is 2.44. The van der Waals surface area contributed by atoms with Crippen molar-refractivity contribution in [2.75, 3.05) is 17.2 Å². The number of thioether (sulfide) groups is 1. The second-order valence-electron chi connectivity index (χ2n) is 7.89. The second kappa shape index (κ2) is 9.58. The normalized spacial score (nSPS) is 14.1. The third-order valence-electron chi connectivity index (χ3n) is 5.53. The molecule has 180 valence electrons. The number of benzene rings is 1. The van der Waals surface area contributed by atoms with Crippen molar-refractivity contribution in [3.05, 3.63) is 52.9 Å². The smallest absolute Gasteiger partial charge is 0.304 e. The van der Waals surface area contributed by atoms with Gasteiger partial charge in [0, 0.05) is 23.1 Å². The molecule has 0 N–H and O–H groups in total. The summed E-state index contributed by atoms with van der Waals surface area (Å²) in [6.45, 7) is 2.57. The molecule has 0 unspecified atom stereocenters. The molecular formula is C23H21ClF4N4OS. The number of nitrogens with zero attached hydrogens (tertiary/aromatic N) is 4. The fourth-order valence-electron chi connectivity index (χ4n) is 3.88. The number of halogens is 5. The Morgan fingerprint density at radius 1 is 1.21 bits per heavy atom. The number of carbonyl (C=O) groups is 1. The number of pyridine rings is 1. The zero-order valence-electron chi connectivity index (χ0n) is 18.4. The van der Waals surface area contributed by atoms with Crippen molar-refractivity contribution in [1.29, 1.82) is 0 Å². The van der Waals surface area contributed by atoms with E-state index in [0.29, 0.717) is 22.8 Å². The zero-order chi connectivity index (χ0) is 24.6. The molecular weight excluding hydrogens is 492 g/mol. The van der Waals surface area contributed by atoms with Gasteiger partial charge in [-0.2, -0.15) is 13.9 Å². The first kappa shape index (κ1) is 24.5. The summed E-state index contributed by atoms with van der Waals surface area (Å²) >= 11 is 7.58. The summed E-state index contributed by atoms with van der Waals surface area (Å²) in [4.78, 5) is 18.4. The van der Waals surface area contributed by atoms with Crippen molar-refractivity contribution in [2.45, 2.75) is 43.9 Å². The Balaban J connectivity index is 1.75. The summed E-state index contributed by atoms with van der Waals surface area (Å²) in [5.74, 6) is -4.13. The van der Waals surface area contributed by atoms with Gasteiger partial charge >= 0.3 is 12.3 Å². The largest absolute Gasteiger partial charge is 0.324 e. The van der Waals surface area contributed by atoms with E-state index in [1.165, 1.54) is 6.20 Å². The minimum absolute atomic E-state index is 0.0373. The molecule has 5 nitrogen and oxygen atoms in total. The summed E-state index contributed by atoms with van der Waals surface area (Å²) in [5.41, 5.74) is 3.99. The first-order valence-electron chi connectivity index (χ1n) is 10.6. The van der Waals surface area contributed by atoms with Crippen molar-refractivity contribution in [3.63, 3.8) is 0 Å². The summed E-state index contributed by atoms with van der Waals surface area (Å²) in [6, 6.07) is 7.39. The van der Waals surface area contributed by atoms with Crippen LogP contribution in [0.3, 0.4) is 0 Å².